The summed E-state index contributed by atoms with van der Waals surface area (Å²) in [5, 5.41) is 0.630. The van der Waals surface area contributed by atoms with Gasteiger partial charge in [0.1, 0.15) is 28.7 Å². The fourth-order valence-electron chi connectivity index (χ4n) is 3.55. The number of fused-ring (bicyclic) bond motifs is 1. The summed E-state index contributed by atoms with van der Waals surface area (Å²) < 4.78 is 20.9. The first-order chi connectivity index (χ1) is 16.5. The zero-order valence-electron chi connectivity index (χ0n) is 18.0. The molecule has 5 aromatic rings. The summed E-state index contributed by atoms with van der Waals surface area (Å²) in [5.41, 5.74) is 2.05. The van der Waals surface area contributed by atoms with E-state index in [9.17, 15) is 9.18 Å². The van der Waals surface area contributed by atoms with Crippen LogP contribution in [0, 0.1) is 5.82 Å². The highest BCUT2D eigenvalue weighted by molar-refractivity contribution is 6.30. The van der Waals surface area contributed by atoms with Gasteiger partial charge in [0.25, 0.3) is 5.91 Å². The van der Waals surface area contributed by atoms with Gasteiger partial charge in [-0.05, 0) is 78.9 Å². The third-order valence-corrected chi connectivity index (χ3v) is 5.55. The smallest absolute Gasteiger partial charge is 0.277 e. The average Bonchev–Trinajstić information content (AvgIpc) is 3.25. The number of amides is 1. The molecule has 0 N–H and O–H groups in total. The van der Waals surface area contributed by atoms with E-state index in [2.05, 4.69) is 9.97 Å². The molecule has 168 valence electrons. The zero-order valence-corrected chi connectivity index (χ0v) is 18.8. The largest absolute Gasteiger partial charge is 0.457 e. The monoisotopic (exact) mass is 472 g/mol. The molecule has 0 aliphatic carbocycles. The Bertz CT molecular complexity index is 1470. The standard InChI is InChI=1S/C26H18ClFN4O2/c1-31(20-9-13-22(14-10-20)34-21-11-5-18(27)6-12-21)25(33)24-23(17-3-7-19(28)8-4-17)30-26-29-15-2-16-32(24)26/h2-16H,1H3. The topological polar surface area (TPSA) is 59.7 Å². The second kappa shape index (κ2) is 8.96. The molecule has 0 fully saturated rings. The quantitative estimate of drug-likeness (QED) is 0.303. The van der Waals surface area contributed by atoms with Crippen molar-refractivity contribution in [1.29, 1.82) is 0 Å². The predicted molar refractivity (Wildman–Crippen MR) is 129 cm³/mol. The summed E-state index contributed by atoms with van der Waals surface area (Å²) in [6, 6.07) is 21.8. The summed E-state index contributed by atoms with van der Waals surface area (Å²) in [6.45, 7) is 0. The van der Waals surface area contributed by atoms with Crippen LogP contribution >= 0.6 is 11.6 Å². The van der Waals surface area contributed by atoms with Crippen LogP contribution in [-0.4, -0.2) is 27.3 Å². The molecule has 1 amide bonds. The highest BCUT2D eigenvalue weighted by Crippen LogP contribution is 2.29. The first-order valence-corrected chi connectivity index (χ1v) is 10.8. The van der Waals surface area contributed by atoms with Gasteiger partial charge >= 0.3 is 0 Å². The van der Waals surface area contributed by atoms with E-state index < -0.39 is 0 Å². The van der Waals surface area contributed by atoms with Crippen LogP contribution in [0.5, 0.6) is 11.5 Å². The van der Waals surface area contributed by atoms with Crippen molar-refractivity contribution in [2.24, 2.45) is 0 Å². The van der Waals surface area contributed by atoms with Crippen molar-refractivity contribution in [3.05, 3.63) is 108 Å². The third-order valence-electron chi connectivity index (χ3n) is 5.30. The number of hydrogen-bond donors (Lipinski definition) is 0. The minimum Gasteiger partial charge on any atom is -0.457 e. The Morgan fingerprint density at radius 3 is 2.29 bits per heavy atom. The van der Waals surface area contributed by atoms with Gasteiger partial charge in [-0.15, -0.1) is 0 Å². The maximum atomic E-state index is 13.6. The van der Waals surface area contributed by atoms with Crippen LogP contribution in [-0.2, 0) is 0 Å². The zero-order chi connectivity index (χ0) is 23.7. The van der Waals surface area contributed by atoms with E-state index in [4.69, 9.17) is 16.3 Å². The van der Waals surface area contributed by atoms with Gasteiger partial charge in [0.15, 0.2) is 0 Å². The van der Waals surface area contributed by atoms with Crippen molar-refractivity contribution in [3.63, 3.8) is 0 Å². The summed E-state index contributed by atoms with van der Waals surface area (Å²) in [5.74, 6) is 1.01. The normalized spacial score (nSPS) is 10.9. The number of carbonyl (C=O) groups is 1. The number of nitrogens with zero attached hydrogens (tertiary/aromatic N) is 4. The molecule has 34 heavy (non-hydrogen) atoms. The number of aromatic nitrogens is 3. The lowest BCUT2D eigenvalue weighted by Gasteiger charge is -2.18. The summed E-state index contributed by atoms with van der Waals surface area (Å²) >= 11 is 5.92. The second-order valence-corrected chi connectivity index (χ2v) is 7.96. The van der Waals surface area contributed by atoms with E-state index in [1.807, 2.05) is 0 Å². The van der Waals surface area contributed by atoms with E-state index in [1.54, 1.807) is 90.6 Å². The van der Waals surface area contributed by atoms with Gasteiger partial charge < -0.3 is 9.64 Å². The molecule has 3 aromatic carbocycles. The van der Waals surface area contributed by atoms with Crippen LogP contribution in [0.4, 0.5) is 10.1 Å². The van der Waals surface area contributed by atoms with Gasteiger partial charge in [-0.1, -0.05) is 11.6 Å². The maximum Gasteiger partial charge on any atom is 0.277 e. The minimum atomic E-state index is -0.364. The highest BCUT2D eigenvalue weighted by Gasteiger charge is 2.24. The molecule has 2 heterocycles. The van der Waals surface area contributed by atoms with Crippen LogP contribution in [0.1, 0.15) is 10.5 Å². The van der Waals surface area contributed by atoms with Crippen LogP contribution < -0.4 is 9.64 Å². The Morgan fingerprint density at radius 2 is 1.62 bits per heavy atom. The van der Waals surface area contributed by atoms with Crippen molar-refractivity contribution >= 4 is 29.0 Å². The number of anilines is 1. The molecule has 0 unspecified atom stereocenters. The maximum absolute atomic E-state index is 13.6. The van der Waals surface area contributed by atoms with E-state index in [0.29, 0.717) is 44.9 Å². The number of hydrogen-bond acceptors (Lipinski definition) is 4. The first-order valence-electron chi connectivity index (χ1n) is 10.4. The van der Waals surface area contributed by atoms with E-state index in [-0.39, 0.29) is 11.7 Å². The molecule has 0 aliphatic rings. The molecular weight excluding hydrogens is 455 g/mol. The van der Waals surface area contributed by atoms with E-state index >= 15 is 0 Å². The second-order valence-electron chi connectivity index (χ2n) is 7.52. The van der Waals surface area contributed by atoms with Crippen molar-refractivity contribution in [3.8, 4) is 22.8 Å². The molecule has 0 spiro atoms. The SMILES string of the molecule is CN(C(=O)c1c(-c2ccc(F)cc2)nc2ncccn12)c1ccc(Oc2ccc(Cl)cc2)cc1. The van der Waals surface area contributed by atoms with Gasteiger partial charge in [-0.3, -0.25) is 9.20 Å². The fourth-order valence-corrected chi connectivity index (χ4v) is 3.68. The van der Waals surface area contributed by atoms with Crippen molar-refractivity contribution < 1.29 is 13.9 Å². The Balaban J connectivity index is 1.46. The molecule has 0 atom stereocenters. The molecule has 0 bridgehead atoms. The Kier molecular flexibility index (Phi) is 5.69. The number of imidazole rings is 1. The van der Waals surface area contributed by atoms with Crippen LogP contribution in [0.15, 0.2) is 91.3 Å². The Hall–Kier alpha value is -4.23. The van der Waals surface area contributed by atoms with Crippen molar-refractivity contribution in [1.82, 2.24) is 14.4 Å². The van der Waals surface area contributed by atoms with Gasteiger partial charge in [0.05, 0.1) is 0 Å². The number of ether oxygens (including phenoxy) is 1. The van der Waals surface area contributed by atoms with Crippen LogP contribution in [0.25, 0.3) is 17.0 Å². The fraction of sp³-hybridized carbons (Fsp3) is 0.0385. The average molecular weight is 473 g/mol. The summed E-state index contributed by atoms with van der Waals surface area (Å²) in [7, 11) is 1.68. The minimum absolute atomic E-state index is 0.286. The van der Waals surface area contributed by atoms with Crippen LogP contribution in [0.2, 0.25) is 5.02 Å². The highest BCUT2D eigenvalue weighted by atomic mass is 35.5. The molecular formula is C26H18ClFN4O2. The lowest BCUT2D eigenvalue weighted by molar-refractivity contribution is 0.0988. The van der Waals surface area contributed by atoms with Gasteiger partial charge in [0, 0.05) is 35.7 Å². The molecule has 0 aliphatic heterocycles. The van der Waals surface area contributed by atoms with Gasteiger partial charge in [0.2, 0.25) is 5.78 Å². The molecule has 0 saturated carbocycles. The molecule has 8 heteroatoms. The van der Waals surface area contributed by atoms with Crippen molar-refractivity contribution in [2.75, 3.05) is 11.9 Å². The molecule has 6 nitrogen and oxygen atoms in total. The number of carbonyl (C=O) groups excluding carboxylic acids is 1. The van der Waals surface area contributed by atoms with Crippen molar-refractivity contribution in [2.45, 2.75) is 0 Å². The first kappa shape index (κ1) is 21.6. The van der Waals surface area contributed by atoms with Gasteiger partial charge in [-0.2, -0.15) is 0 Å². The van der Waals surface area contributed by atoms with Crippen LogP contribution in [0.3, 0.4) is 0 Å². The molecule has 0 radical (unpaired) electrons. The third kappa shape index (κ3) is 4.21. The van der Waals surface area contributed by atoms with Gasteiger partial charge in [-0.25, -0.2) is 14.4 Å². The summed E-state index contributed by atoms with van der Waals surface area (Å²) in [4.78, 5) is 23.9. The van der Waals surface area contributed by atoms with E-state index in [0.717, 1.165) is 0 Å². The number of rotatable bonds is 5. The summed E-state index contributed by atoms with van der Waals surface area (Å²) in [6.07, 6.45) is 3.33. The lowest BCUT2D eigenvalue weighted by Crippen LogP contribution is -2.28. The Labute approximate surface area is 199 Å². The molecule has 5 rings (SSSR count). The lowest BCUT2D eigenvalue weighted by atomic mass is 10.1. The number of halogens is 2. The number of benzene rings is 3. The van der Waals surface area contributed by atoms with E-state index in [1.165, 1.54) is 17.0 Å². The molecule has 0 saturated heterocycles. The Morgan fingerprint density at radius 1 is 0.971 bits per heavy atom. The predicted octanol–water partition coefficient (Wildman–Crippen LogP) is 6.26. The molecule has 2 aromatic heterocycles.